The zero-order valence-corrected chi connectivity index (χ0v) is 8.12. The second kappa shape index (κ2) is 4.36. The molecule has 1 aliphatic heterocycles. The number of carbonyl (C=O) groups excluding carboxylic acids is 1. The van der Waals surface area contributed by atoms with E-state index in [1.54, 1.807) is 0 Å². The fourth-order valence-electron chi connectivity index (χ4n) is 1.65. The lowest BCUT2D eigenvalue weighted by Crippen LogP contribution is -2.45. The molecule has 88 valence electrons. The summed E-state index contributed by atoms with van der Waals surface area (Å²) in [6.45, 7) is -0.286. The first kappa shape index (κ1) is 12.3. The van der Waals surface area contributed by atoms with Gasteiger partial charge in [0.25, 0.3) is 0 Å². The van der Waals surface area contributed by atoms with Crippen molar-refractivity contribution in [2.45, 2.75) is 24.7 Å². The van der Waals surface area contributed by atoms with E-state index in [2.05, 4.69) is 0 Å². The molecular formula is C8H12F3NO3. The number of rotatable bonds is 2. The Bertz CT molecular complexity index is 244. The summed E-state index contributed by atoms with van der Waals surface area (Å²) in [6.07, 6.45) is -5.68. The first-order valence-corrected chi connectivity index (χ1v) is 4.41. The Morgan fingerprint density at radius 3 is 2.67 bits per heavy atom. The van der Waals surface area contributed by atoms with Crippen LogP contribution in [0.1, 0.15) is 6.42 Å². The fraction of sp³-hybridized carbons (Fsp3) is 0.875. The van der Waals surface area contributed by atoms with Gasteiger partial charge < -0.3 is 14.7 Å². The number of amides is 1. The van der Waals surface area contributed by atoms with Crippen LogP contribution >= 0.6 is 0 Å². The highest BCUT2D eigenvalue weighted by Gasteiger charge is 2.47. The molecule has 1 amide bonds. The normalized spacial score (nSPS) is 27.1. The quantitative estimate of drug-likeness (QED) is 0.731. The van der Waals surface area contributed by atoms with E-state index in [0.29, 0.717) is 4.90 Å². The zero-order valence-electron chi connectivity index (χ0n) is 8.12. The third-order valence-corrected chi connectivity index (χ3v) is 2.25. The molecule has 0 spiro atoms. The largest absolute Gasteiger partial charge is 0.471 e. The third-order valence-electron chi connectivity index (χ3n) is 2.25. The predicted molar refractivity (Wildman–Crippen MR) is 44.1 cm³/mol. The molecule has 0 aromatic carbocycles. The second-order valence-electron chi connectivity index (χ2n) is 3.45. The molecule has 7 heteroatoms. The van der Waals surface area contributed by atoms with Crippen LogP contribution < -0.4 is 0 Å². The van der Waals surface area contributed by atoms with E-state index in [1.807, 2.05) is 0 Å². The number of nitrogens with zero attached hydrogens (tertiary/aromatic N) is 1. The molecule has 0 aliphatic carbocycles. The first-order chi connectivity index (χ1) is 6.86. The maximum atomic E-state index is 12.1. The standard InChI is InChI=1S/C8H12F3NO3/c1-15-4-5-2-6(13)3-12(5)7(14)8(9,10)11/h5-6,13H,2-4H2,1H3/t5-,6+/m0/s1. The number of aliphatic hydroxyl groups excluding tert-OH is 1. The maximum absolute atomic E-state index is 12.1. The summed E-state index contributed by atoms with van der Waals surface area (Å²) in [4.78, 5) is 11.6. The summed E-state index contributed by atoms with van der Waals surface area (Å²) in [5, 5.41) is 9.19. The number of β-amino-alcohol motifs (C(OH)–C–C–N with tert-alkyl or cyclic N) is 1. The van der Waals surface area contributed by atoms with Crippen LogP contribution in [0.4, 0.5) is 13.2 Å². The molecule has 1 N–H and O–H groups in total. The topological polar surface area (TPSA) is 49.8 Å². The average molecular weight is 227 g/mol. The Labute approximate surface area is 84.6 Å². The lowest BCUT2D eigenvalue weighted by atomic mass is 10.2. The van der Waals surface area contributed by atoms with Crippen LogP contribution in [0.25, 0.3) is 0 Å². The fourth-order valence-corrected chi connectivity index (χ4v) is 1.65. The van der Waals surface area contributed by atoms with Crippen LogP contribution in [0.15, 0.2) is 0 Å². The Hall–Kier alpha value is -0.820. The summed E-state index contributed by atoms with van der Waals surface area (Å²) >= 11 is 0. The summed E-state index contributed by atoms with van der Waals surface area (Å²) in [5.74, 6) is -1.92. The number of hydrogen-bond donors (Lipinski definition) is 1. The summed E-state index contributed by atoms with van der Waals surface area (Å²) in [6, 6.07) is -0.695. The minimum absolute atomic E-state index is 0.00111. The molecule has 0 radical (unpaired) electrons. The van der Waals surface area contributed by atoms with Crippen molar-refractivity contribution in [2.24, 2.45) is 0 Å². The molecule has 4 nitrogen and oxygen atoms in total. The first-order valence-electron chi connectivity index (χ1n) is 4.41. The van der Waals surface area contributed by atoms with Gasteiger partial charge >= 0.3 is 12.1 Å². The number of halogens is 3. The number of alkyl halides is 3. The van der Waals surface area contributed by atoms with E-state index in [0.717, 1.165) is 0 Å². The summed E-state index contributed by atoms with van der Waals surface area (Å²) in [7, 11) is 1.33. The SMILES string of the molecule is COC[C@@H]1C[C@@H](O)CN1C(=O)C(F)(F)F. The van der Waals surface area contributed by atoms with Gasteiger partial charge in [-0.15, -0.1) is 0 Å². The average Bonchev–Trinajstić information content (AvgIpc) is 2.44. The Balaban J connectivity index is 2.71. The van der Waals surface area contributed by atoms with Gasteiger partial charge in [-0.25, -0.2) is 0 Å². The summed E-state index contributed by atoms with van der Waals surface area (Å²) < 4.78 is 41.1. The molecular weight excluding hydrogens is 215 g/mol. The van der Waals surface area contributed by atoms with Gasteiger partial charge in [-0.05, 0) is 6.42 Å². The van der Waals surface area contributed by atoms with Crippen LogP contribution in [-0.4, -0.2) is 54.5 Å². The van der Waals surface area contributed by atoms with Crippen molar-refractivity contribution < 1.29 is 27.8 Å². The van der Waals surface area contributed by atoms with Gasteiger partial charge in [0.1, 0.15) is 0 Å². The zero-order chi connectivity index (χ0) is 11.6. The van der Waals surface area contributed by atoms with E-state index in [9.17, 15) is 23.1 Å². The van der Waals surface area contributed by atoms with Gasteiger partial charge in [-0.1, -0.05) is 0 Å². The van der Waals surface area contributed by atoms with Crippen molar-refractivity contribution in [2.75, 3.05) is 20.3 Å². The lowest BCUT2D eigenvalue weighted by molar-refractivity contribution is -0.187. The Morgan fingerprint density at radius 1 is 1.60 bits per heavy atom. The van der Waals surface area contributed by atoms with E-state index in [4.69, 9.17) is 4.74 Å². The smallest absolute Gasteiger partial charge is 0.391 e. The molecule has 0 unspecified atom stereocenters. The van der Waals surface area contributed by atoms with Gasteiger partial charge in [-0.2, -0.15) is 13.2 Å². The van der Waals surface area contributed by atoms with E-state index in [1.165, 1.54) is 7.11 Å². The van der Waals surface area contributed by atoms with Crippen LogP contribution in [0.3, 0.4) is 0 Å². The molecule has 1 saturated heterocycles. The molecule has 1 aliphatic rings. The number of carbonyl (C=O) groups is 1. The monoisotopic (exact) mass is 227 g/mol. The number of likely N-dealkylation sites (tertiary alicyclic amines) is 1. The highest BCUT2D eigenvalue weighted by Crippen LogP contribution is 2.25. The molecule has 1 rings (SSSR count). The van der Waals surface area contributed by atoms with E-state index >= 15 is 0 Å². The van der Waals surface area contributed by atoms with E-state index < -0.39 is 24.2 Å². The van der Waals surface area contributed by atoms with Crippen molar-refractivity contribution in [3.8, 4) is 0 Å². The Morgan fingerprint density at radius 2 is 2.20 bits per heavy atom. The molecule has 1 fully saturated rings. The number of hydrogen-bond acceptors (Lipinski definition) is 3. The maximum Gasteiger partial charge on any atom is 0.471 e. The predicted octanol–water partition coefficient (Wildman–Crippen LogP) is 0.157. The van der Waals surface area contributed by atoms with Gasteiger partial charge in [0.15, 0.2) is 0 Å². The number of methoxy groups -OCH3 is 1. The molecule has 1 heterocycles. The van der Waals surface area contributed by atoms with Crippen LogP contribution in [0, 0.1) is 0 Å². The van der Waals surface area contributed by atoms with Crippen molar-refractivity contribution in [3.05, 3.63) is 0 Å². The van der Waals surface area contributed by atoms with Crippen molar-refractivity contribution in [1.82, 2.24) is 4.90 Å². The van der Waals surface area contributed by atoms with Gasteiger partial charge in [0.2, 0.25) is 0 Å². The molecule has 15 heavy (non-hydrogen) atoms. The lowest BCUT2D eigenvalue weighted by Gasteiger charge is -2.24. The molecule has 0 bridgehead atoms. The molecule has 0 aromatic heterocycles. The molecule has 0 saturated carbocycles. The van der Waals surface area contributed by atoms with Crippen LogP contribution in [0.5, 0.6) is 0 Å². The number of aliphatic hydroxyl groups is 1. The highest BCUT2D eigenvalue weighted by molar-refractivity contribution is 5.82. The van der Waals surface area contributed by atoms with Crippen molar-refractivity contribution in [1.29, 1.82) is 0 Å². The van der Waals surface area contributed by atoms with E-state index in [-0.39, 0.29) is 19.6 Å². The van der Waals surface area contributed by atoms with Gasteiger partial charge in [0, 0.05) is 13.7 Å². The third kappa shape index (κ3) is 2.82. The minimum Gasteiger partial charge on any atom is -0.391 e. The minimum atomic E-state index is -4.89. The molecule has 0 aromatic rings. The summed E-state index contributed by atoms with van der Waals surface area (Å²) in [5.41, 5.74) is 0. The van der Waals surface area contributed by atoms with Crippen molar-refractivity contribution >= 4 is 5.91 Å². The Kier molecular flexibility index (Phi) is 3.56. The van der Waals surface area contributed by atoms with Gasteiger partial charge in [0.05, 0.1) is 18.8 Å². The second-order valence-corrected chi connectivity index (χ2v) is 3.45. The van der Waals surface area contributed by atoms with Crippen LogP contribution in [0.2, 0.25) is 0 Å². The number of ether oxygens (including phenoxy) is 1. The van der Waals surface area contributed by atoms with Crippen LogP contribution in [-0.2, 0) is 9.53 Å². The molecule has 2 atom stereocenters. The highest BCUT2D eigenvalue weighted by atomic mass is 19.4. The van der Waals surface area contributed by atoms with Crippen molar-refractivity contribution in [3.63, 3.8) is 0 Å². The van der Waals surface area contributed by atoms with Gasteiger partial charge in [-0.3, -0.25) is 4.79 Å².